The molecule has 2 atom stereocenters. The van der Waals surface area contributed by atoms with Gasteiger partial charge in [0.1, 0.15) is 0 Å². The number of aromatic nitrogens is 1. The lowest BCUT2D eigenvalue weighted by Gasteiger charge is -2.60. The zero-order valence-electron chi connectivity index (χ0n) is 14.2. The second-order valence-electron chi connectivity index (χ2n) is 8.27. The first-order valence-corrected chi connectivity index (χ1v) is 9.71. The summed E-state index contributed by atoms with van der Waals surface area (Å²) in [6, 6.07) is 3.78. The van der Waals surface area contributed by atoms with Crippen molar-refractivity contribution in [2.24, 2.45) is 17.3 Å². The summed E-state index contributed by atoms with van der Waals surface area (Å²) in [6.45, 7) is 0.540. The van der Waals surface area contributed by atoms with E-state index in [-0.39, 0.29) is 11.3 Å². The van der Waals surface area contributed by atoms with E-state index in [1.165, 1.54) is 38.5 Å². The van der Waals surface area contributed by atoms with Crippen molar-refractivity contribution >= 4 is 21.8 Å². The van der Waals surface area contributed by atoms with Crippen LogP contribution in [0.15, 0.2) is 18.3 Å². The molecule has 0 aliphatic heterocycles. The van der Waals surface area contributed by atoms with Gasteiger partial charge in [0, 0.05) is 29.6 Å². The number of carbonyl (C=O) groups excluding carboxylic acids is 1. The van der Waals surface area contributed by atoms with Gasteiger partial charge in [-0.1, -0.05) is 22.0 Å². The number of halogens is 1. The molecule has 5 rings (SSSR count). The van der Waals surface area contributed by atoms with Crippen LogP contribution in [-0.4, -0.2) is 22.3 Å². The number of rotatable bonds is 5. The largest absolute Gasteiger partial charge is 0.481 e. The third kappa shape index (κ3) is 3.19. The van der Waals surface area contributed by atoms with E-state index in [0.29, 0.717) is 23.2 Å². The van der Waals surface area contributed by atoms with Crippen LogP contribution in [0, 0.1) is 17.3 Å². The van der Waals surface area contributed by atoms with Crippen molar-refractivity contribution in [2.45, 2.75) is 55.8 Å². The molecule has 4 aliphatic rings. The molecule has 4 nitrogen and oxygen atoms in total. The average molecular weight is 393 g/mol. The Morgan fingerprint density at radius 1 is 1.33 bits per heavy atom. The number of pyridine rings is 1. The molecule has 0 saturated heterocycles. The van der Waals surface area contributed by atoms with Crippen LogP contribution in [0.1, 0.15) is 50.5 Å². The molecule has 5 heteroatoms. The monoisotopic (exact) mass is 392 g/mol. The number of hydrogen-bond acceptors (Lipinski definition) is 3. The summed E-state index contributed by atoms with van der Waals surface area (Å²) in [5.74, 6) is 2.43. The molecule has 4 bridgehead atoms. The fourth-order valence-electron chi connectivity index (χ4n) is 5.78. The number of hydrogen-bond donors (Lipinski definition) is 1. The summed E-state index contributed by atoms with van der Waals surface area (Å²) in [4.78, 5) is 16.7. The second kappa shape index (κ2) is 6.01. The fourth-order valence-corrected chi connectivity index (χ4v) is 7.29. The Morgan fingerprint density at radius 2 is 2.08 bits per heavy atom. The van der Waals surface area contributed by atoms with Gasteiger partial charge in [0.05, 0.1) is 7.11 Å². The van der Waals surface area contributed by atoms with Crippen LogP contribution >= 0.6 is 15.9 Å². The first-order valence-electron chi connectivity index (χ1n) is 8.92. The Morgan fingerprint density at radius 3 is 2.67 bits per heavy atom. The lowest BCUT2D eigenvalue weighted by atomic mass is 9.48. The number of ether oxygens (including phenoxy) is 1. The molecular weight excluding hydrogens is 368 g/mol. The van der Waals surface area contributed by atoms with Crippen LogP contribution < -0.4 is 10.1 Å². The van der Waals surface area contributed by atoms with E-state index in [2.05, 4.69) is 26.2 Å². The van der Waals surface area contributed by atoms with Crippen molar-refractivity contribution < 1.29 is 9.53 Å². The molecule has 130 valence electrons. The molecule has 4 fully saturated rings. The van der Waals surface area contributed by atoms with E-state index in [9.17, 15) is 4.79 Å². The quantitative estimate of drug-likeness (QED) is 0.774. The molecule has 1 heterocycles. The van der Waals surface area contributed by atoms with Gasteiger partial charge < -0.3 is 10.1 Å². The fraction of sp³-hybridized carbons (Fsp3) is 0.684. The Balaban J connectivity index is 1.36. The van der Waals surface area contributed by atoms with Gasteiger partial charge in [-0.15, -0.1) is 0 Å². The smallest absolute Gasteiger partial charge is 0.220 e. The third-order valence-electron chi connectivity index (χ3n) is 6.14. The molecule has 2 unspecified atom stereocenters. The van der Waals surface area contributed by atoms with Crippen molar-refractivity contribution in [1.29, 1.82) is 0 Å². The highest BCUT2D eigenvalue weighted by Crippen LogP contribution is 2.65. The first-order chi connectivity index (χ1) is 11.5. The zero-order valence-corrected chi connectivity index (χ0v) is 15.8. The summed E-state index contributed by atoms with van der Waals surface area (Å²) < 4.78 is 5.38. The van der Waals surface area contributed by atoms with Crippen molar-refractivity contribution in [3.05, 3.63) is 23.9 Å². The van der Waals surface area contributed by atoms with Gasteiger partial charge in [-0.25, -0.2) is 4.98 Å². The minimum atomic E-state index is 0.184. The maximum atomic E-state index is 12.6. The minimum absolute atomic E-state index is 0.184. The van der Waals surface area contributed by atoms with Crippen LogP contribution in [0.3, 0.4) is 0 Å². The molecule has 1 amide bonds. The van der Waals surface area contributed by atoms with Gasteiger partial charge >= 0.3 is 0 Å². The van der Waals surface area contributed by atoms with Gasteiger partial charge in [-0.05, 0) is 61.3 Å². The lowest BCUT2D eigenvalue weighted by Crippen LogP contribution is -2.54. The van der Waals surface area contributed by atoms with Crippen LogP contribution in [0.2, 0.25) is 0 Å². The van der Waals surface area contributed by atoms with Gasteiger partial charge in [0.15, 0.2) is 0 Å². The molecule has 1 aromatic heterocycles. The number of methoxy groups -OCH3 is 1. The number of nitrogens with one attached hydrogen (secondary N) is 1. The number of nitrogens with zero attached hydrogens (tertiary/aromatic N) is 1. The molecule has 1 N–H and O–H groups in total. The van der Waals surface area contributed by atoms with Crippen molar-refractivity contribution in [2.75, 3.05) is 7.11 Å². The second-order valence-corrected chi connectivity index (χ2v) is 9.96. The van der Waals surface area contributed by atoms with Gasteiger partial charge in [0.25, 0.3) is 0 Å². The molecule has 0 spiro atoms. The predicted molar refractivity (Wildman–Crippen MR) is 96.0 cm³/mol. The van der Waals surface area contributed by atoms with E-state index in [1.54, 1.807) is 13.3 Å². The SMILES string of the molecule is COc1ccc(CNC(=O)CC23CC4CC(CC(Br)(C4)C2)C3)cn1. The highest BCUT2D eigenvalue weighted by molar-refractivity contribution is 9.10. The molecule has 24 heavy (non-hydrogen) atoms. The molecule has 4 saturated carbocycles. The van der Waals surface area contributed by atoms with E-state index in [4.69, 9.17) is 4.74 Å². The molecule has 0 radical (unpaired) electrons. The van der Waals surface area contributed by atoms with Gasteiger partial charge in [-0.2, -0.15) is 0 Å². The third-order valence-corrected chi connectivity index (χ3v) is 7.07. The Labute approximate surface area is 151 Å². The Kier molecular flexibility index (Phi) is 4.10. The summed E-state index contributed by atoms with van der Waals surface area (Å²) in [5.41, 5.74) is 1.24. The minimum Gasteiger partial charge on any atom is -0.481 e. The normalized spacial score (nSPS) is 36.6. The van der Waals surface area contributed by atoms with Crippen molar-refractivity contribution in [3.63, 3.8) is 0 Å². The maximum Gasteiger partial charge on any atom is 0.220 e. The highest BCUT2D eigenvalue weighted by atomic mass is 79.9. The van der Waals surface area contributed by atoms with Crippen molar-refractivity contribution in [3.8, 4) is 5.88 Å². The molecule has 1 aromatic rings. The van der Waals surface area contributed by atoms with Gasteiger partial charge in [0.2, 0.25) is 11.8 Å². The Bertz CT molecular complexity index is 617. The molecule has 0 aromatic carbocycles. The summed E-state index contributed by atoms with van der Waals surface area (Å²) >= 11 is 4.02. The predicted octanol–water partition coefficient (Wildman–Crippen LogP) is 3.83. The van der Waals surface area contributed by atoms with Gasteiger partial charge in [-0.3, -0.25) is 4.79 Å². The first kappa shape index (κ1) is 16.4. The summed E-state index contributed by atoms with van der Waals surface area (Å²) in [7, 11) is 1.60. The average Bonchev–Trinajstić information content (AvgIpc) is 2.50. The standard InChI is InChI=1S/C19H25BrN2O2/c1-24-17-3-2-13(11-22-17)10-21-16(23)9-18-5-14-4-15(6-18)8-19(20,7-14)12-18/h2-3,11,14-15H,4-10,12H2,1H3,(H,21,23). The van der Waals surface area contributed by atoms with Crippen LogP contribution in [0.4, 0.5) is 0 Å². The van der Waals surface area contributed by atoms with Crippen molar-refractivity contribution in [1.82, 2.24) is 10.3 Å². The van der Waals surface area contributed by atoms with E-state index in [1.807, 2.05) is 12.1 Å². The lowest BCUT2D eigenvalue weighted by molar-refractivity contribution is -0.128. The highest BCUT2D eigenvalue weighted by Gasteiger charge is 2.57. The number of carbonyl (C=O) groups is 1. The van der Waals surface area contributed by atoms with Crippen LogP contribution in [0.5, 0.6) is 5.88 Å². The summed E-state index contributed by atoms with van der Waals surface area (Å²) in [6.07, 6.45) is 10.1. The van der Waals surface area contributed by atoms with Crippen LogP contribution in [0.25, 0.3) is 0 Å². The topological polar surface area (TPSA) is 51.2 Å². The van der Waals surface area contributed by atoms with E-state index in [0.717, 1.165) is 17.4 Å². The zero-order chi connectivity index (χ0) is 16.8. The maximum absolute atomic E-state index is 12.6. The number of amides is 1. The summed E-state index contributed by atoms with van der Waals surface area (Å²) in [5, 5.41) is 3.09. The number of alkyl halides is 1. The van der Waals surface area contributed by atoms with Crippen LogP contribution in [-0.2, 0) is 11.3 Å². The molecular formula is C19H25BrN2O2. The van der Waals surface area contributed by atoms with E-state index >= 15 is 0 Å². The molecule has 4 aliphatic carbocycles. The Hall–Kier alpha value is -1.10. The van der Waals surface area contributed by atoms with E-state index < -0.39 is 0 Å².